The number of carbonyl (C=O) groups excluding carboxylic acids is 2. The number of piperazine rings is 1. The van der Waals surface area contributed by atoms with E-state index < -0.39 is 0 Å². The quantitative estimate of drug-likeness (QED) is 0.837. The minimum absolute atomic E-state index is 0.0732. The van der Waals surface area contributed by atoms with Crippen molar-refractivity contribution in [2.45, 2.75) is 19.8 Å². The lowest BCUT2D eigenvalue weighted by Gasteiger charge is -2.34. The Morgan fingerprint density at radius 2 is 1.82 bits per heavy atom. The fourth-order valence-electron chi connectivity index (χ4n) is 2.86. The molecule has 2 aliphatic heterocycles. The SMILES string of the molecule is CC(=O)N1CCN(C(=O)CCc2cccc3c2OCO3)CC1. The molecule has 22 heavy (non-hydrogen) atoms. The van der Waals surface area contributed by atoms with Crippen molar-refractivity contribution in [1.82, 2.24) is 9.80 Å². The fourth-order valence-corrected chi connectivity index (χ4v) is 2.86. The first kappa shape index (κ1) is 14.7. The molecule has 1 fully saturated rings. The summed E-state index contributed by atoms with van der Waals surface area (Å²) in [5, 5.41) is 0. The van der Waals surface area contributed by atoms with Crippen molar-refractivity contribution in [2.24, 2.45) is 0 Å². The summed E-state index contributed by atoms with van der Waals surface area (Å²) in [6, 6.07) is 5.75. The van der Waals surface area contributed by atoms with E-state index in [-0.39, 0.29) is 18.6 Å². The van der Waals surface area contributed by atoms with Gasteiger partial charge in [0.05, 0.1) is 0 Å². The second-order valence-corrected chi connectivity index (χ2v) is 5.54. The normalized spacial score (nSPS) is 16.8. The van der Waals surface area contributed by atoms with E-state index in [1.165, 1.54) is 0 Å². The van der Waals surface area contributed by atoms with Gasteiger partial charge in [-0.3, -0.25) is 9.59 Å². The topological polar surface area (TPSA) is 59.1 Å². The Morgan fingerprint density at radius 1 is 1.09 bits per heavy atom. The lowest BCUT2D eigenvalue weighted by molar-refractivity contribution is -0.138. The van der Waals surface area contributed by atoms with Crippen LogP contribution in [0.15, 0.2) is 18.2 Å². The van der Waals surface area contributed by atoms with Gasteiger partial charge >= 0.3 is 0 Å². The van der Waals surface area contributed by atoms with Crippen LogP contribution in [-0.2, 0) is 16.0 Å². The predicted octanol–water partition coefficient (Wildman–Crippen LogP) is 1.04. The number of fused-ring (bicyclic) bond motifs is 1. The molecule has 0 saturated carbocycles. The molecule has 0 aromatic heterocycles. The molecule has 2 amide bonds. The van der Waals surface area contributed by atoms with Crippen LogP contribution < -0.4 is 9.47 Å². The van der Waals surface area contributed by atoms with Crippen molar-refractivity contribution in [3.63, 3.8) is 0 Å². The fraction of sp³-hybridized carbons (Fsp3) is 0.500. The van der Waals surface area contributed by atoms with Crippen LogP contribution in [0.5, 0.6) is 11.5 Å². The lowest BCUT2D eigenvalue weighted by atomic mass is 10.1. The Bertz CT molecular complexity index is 580. The highest BCUT2D eigenvalue weighted by Gasteiger charge is 2.23. The molecule has 0 aliphatic carbocycles. The highest BCUT2D eigenvalue weighted by Crippen LogP contribution is 2.35. The van der Waals surface area contributed by atoms with Crippen LogP contribution in [0.25, 0.3) is 0 Å². The monoisotopic (exact) mass is 304 g/mol. The first-order valence-corrected chi connectivity index (χ1v) is 7.56. The largest absolute Gasteiger partial charge is 0.454 e. The molecule has 6 nitrogen and oxygen atoms in total. The summed E-state index contributed by atoms with van der Waals surface area (Å²) in [6.45, 7) is 4.29. The Morgan fingerprint density at radius 3 is 2.55 bits per heavy atom. The number of benzene rings is 1. The van der Waals surface area contributed by atoms with Crippen molar-refractivity contribution in [2.75, 3.05) is 33.0 Å². The number of rotatable bonds is 3. The molecule has 0 unspecified atom stereocenters. The van der Waals surface area contributed by atoms with E-state index in [0.29, 0.717) is 39.0 Å². The zero-order chi connectivity index (χ0) is 15.5. The first-order valence-electron chi connectivity index (χ1n) is 7.56. The van der Waals surface area contributed by atoms with E-state index >= 15 is 0 Å². The molecule has 3 rings (SSSR count). The number of nitrogens with zero attached hydrogens (tertiary/aromatic N) is 2. The van der Waals surface area contributed by atoms with Crippen molar-refractivity contribution in [3.05, 3.63) is 23.8 Å². The van der Waals surface area contributed by atoms with Crippen LogP contribution in [0.2, 0.25) is 0 Å². The van der Waals surface area contributed by atoms with Crippen molar-refractivity contribution >= 4 is 11.8 Å². The molecule has 1 aromatic rings. The van der Waals surface area contributed by atoms with Crippen LogP contribution in [0, 0.1) is 0 Å². The maximum atomic E-state index is 12.3. The number of ether oxygens (including phenoxy) is 2. The average Bonchev–Trinajstić information content (AvgIpc) is 3.01. The Balaban J connectivity index is 1.53. The van der Waals surface area contributed by atoms with Gasteiger partial charge in [0.1, 0.15) is 0 Å². The molecule has 0 radical (unpaired) electrons. The van der Waals surface area contributed by atoms with Gasteiger partial charge in [-0.15, -0.1) is 0 Å². The molecule has 0 bridgehead atoms. The van der Waals surface area contributed by atoms with E-state index in [1.807, 2.05) is 23.1 Å². The van der Waals surface area contributed by atoms with E-state index in [0.717, 1.165) is 17.1 Å². The Kier molecular flexibility index (Phi) is 4.18. The van der Waals surface area contributed by atoms with Crippen molar-refractivity contribution in [3.8, 4) is 11.5 Å². The van der Waals surface area contributed by atoms with Crippen molar-refractivity contribution in [1.29, 1.82) is 0 Å². The van der Waals surface area contributed by atoms with Crippen LogP contribution >= 0.6 is 0 Å². The minimum Gasteiger partial charge on any atom is -0.454 e. The van der Waals surface area contributed by atoms with Gasteiger partial charge in [0.2, 0.25) is 18.6 Å². The predicted molar refractivity (Wildman–Crippen MR) is 79.7 cm³/mol. The highest BCUT2D eigenvalue weighted by molar-refractivity contribution is 5.77. The average molecular weight is 304 g/mol. The summed E-state index contributed by atoms with van der Waals surface area (Å²) in [5.74, 6) is 1.71. The van der Waals surface area contributed by atoms with Gasteiger partial charge in [-0.25, -0.2) is 0 Å². The summed E-state index contributed by atoms with van der Waals surface area (Å²) in [5.41, 5.74) is 1.01. The molecule has 118 valence electrons. The first-order chi connectivity index (χ1) is 10.6. The van der Waals surface area contributed by atoms with Gasteiger partial charge in [-0.05, 0) is 18.1 Å². The summed E-state index contributed by atoms with van der Waals surface area (Å²) in [4.78, 5) is 27.2. The van der Waals surface area contributed by atoms with E-state index in [1.54, 1.807) is 11.8 Å². The molecule has 6 heteroatoms. The molecule has 0 spiro atoms. The number of para-hydroxylation sites is 1. The van der Waals surface area contributed by atoms with E-state index in [2.05, 4.69) is 0 Å². The number of hydrogen-bond donors (Lipinski definition) is 0. The maximum absolute atomic E-state index is 12.3. The molecular formula is C16H20N2O4. The highest BCUT2D eigenvalue weighted by atomic mass is 16.7. The summed E-state index contributed by atoms with van der Waals surface area (Å²) >= 11 is 0. The molecule has 2 aliphatic rings. The third kappa shape index (κ3) is 3.00. The third-order valence-electron chi connectivity index (χ3n) is 4.16. The second-order valence-electron chi connectivity index (χ2n) is 5.54. The van der Waals surface area contributed by atoms with Crippen LogP contribution in [0.4, 0.5) is 0 Å². The van der Waals surface area contributed by atoms with Gasteiger partial charge in [0, 0.05) is 39.5 Å². The van der Waals surface area contributed by atoms with Gasteiger partial charge in [0.25, 0.3) is 0 Å². The van der Waals surface area contributed by atoms with Gasteiger partial charge in [-0.2, -0.15) is 0 Å². The van der Waals surface area contributed by atoms with Gasteiger partial charge in [-0.1, -0.05) is 12.1 Å². The molecule has 1 saturated heterocycles. The smallest absolute Gasteiger partial charge is 0.231 e. The van der Waals surface area contributed by atoms with Crippen molar-refractivity contribution < 1.29 is 19.1 Å². The molecule has 0 N–H and O–H groups in total. The number of amides is 2. The summed E-state index contributed by atoms with van der Waals surface area (Å²) in [7, 11) is 0. The zero-order valence-electron chi connectivity index (χ0n) is 12.7. The van der Waals surface area contributed by atoms with Gasteiger partial charge < -0.3 is 19.3 Å². The third-order valence-corrected chi connectivity index (χ3v) is 4.16. The van der Waals surface area contributed by atoms with E-state index in [4.69, 9.17) is 9.47 Å². The van der Waals surface area contributed by atoms with E-state index in [9.17, 15) is 9.59 Å². The number of carbonyl (C=O) groups is 2. The van der Waals surface area contributed by atoms with Crippen LogP contribution in [0.1, 0.15) is 18.9 Å². The Hall–Kier alpha value is -2.24. The Labute approximate surface area is 129 Å². The van der Waals surface area contributed by atoms with Crippen LogP contribution in [0.3, 0.4) is 0 Å². The molecular weight excluding hydrogens is 284 g/mol. The number of hydrogen-bond acceptors (Lipinski definition) is 4. The van der Waals surface area contributed by atoms with Crippen LogP contribution in [-0.4, -0.2) is 54.6 Å². The lowest BCUT2D eigenvalue weighted by Crippen LogP contribution is -2.50. The summed E-state index contributed by atoms with van der Waals surface area (Å²) < 4.78 is 10.8. The molecule has 1 aromatic carbocycles. The number of aryl methyl sites for hydroxylation is 1. The second kappa shape index (κ2) is 6.25. The van der Waals surface area contributed by atoms with Gasteiger partial charge in [0.15, 0.2) is 11.5 Å². The standard InChI is InChI=1S/C16H20N2O4/c1-12(19)17-7-9-18(10-8-17)15(20)6-5-13-3-2-4-14-16(13)22-11-21-14/h2-4H,5-11H2,1H3. The zero-order valence-corrected chi connectivity index (χ0v) is 12.7. The maximum Gasteiger partial charge on any atom is 0.231 e. The minimum atomic E-state index is 0.0732. The molecule has 2 heterocycles. The summed E-state index contributed by atoms with van der Waals surface area (Å²) in [6.07, 6.45) is 1.08. The molecule has 0 atom stereocenters.